The first-order valence-electron chi connectivity index (χ1n) is 22.8. The quantitative estimate of drug-likeness (QED) is 0.0516. The highest BCUT2D eigenvalue weighted by Gasteiger charge is 2.42. The lowest BCUT2D eigenvalue weighted by molar-refractivity contribution is -0.145. The Labute approximate surface area is 402 Å². The van der Waals surface area contributed by atoms with Crippen LogP contribution < -0.4 is 32.3 Å². The number of amides is 7. The van der Waals surface area contributed by atoms with Gasteiger partial charge < -0.3 is 72.8 Å². The Hall–Kier alpha value is -7.34. The average Bonchev–Trinajstić information content (AvgIpc) is 4.02. The van der Waals surface area contributed by atoms with E-state index in [1.54, 1.807) is 13.8 Å². The van der Waals surface area contributed by atoms with Crippen LogP contribution in [0.1, 0.15) is 76.3 Å². The molecule has 0 spiro atoms. The molecule has 2 aromatic carbocycles. The normalized spacial score (nSPS) is 18.1. The molecule has 13 N–H and O–H groups in total. The van der Waals surface area contributed by atoms with E-state index < -0.39 is 139 Å². The maximum atomic E-state index is 14.5. The van der Waals surface area contributed by atoms with Crippen LogP contribution in [0.25, 0.3) is 0 Å². The van der Waals surface area contributed by atoms with Crippen molar-refractivity contribution in [3.05, 3.63) is 59.7 Å². The first-order chi connectivity index (χ1) is 33.1. The minimum absolute atomic E-state index is 0.00874. The lowest BCUT2D eigenvalue weighted by Gasteiger charge is -2.32. The summed E-state index contributed by atoms with van der Waals surface area (Å²) in [5, 5.41) is 69.3. The summed E-state index contributed by atoms with van der Waals surface area (Å²) < 4.78 is 0. The lowest BCUT2D eigenvalue weighted by atomic mass is 9.99. The molecule has 70 heavy (non-hydrogen) atoms. The molecule has 2 aliphatic rings. The number of rotatable bonds is 25. The van der Waals surface area contributed by atoms with Crippen LogP contribution in [-0.2, 0) is 60.8 Å². The van der Waals surface area contributed by atoms with Gasteiger partial charge in [-0.05, 0) is 79.8 Å². The second kappa shape index (κ2) is 25.9. The fraction of sp³-hybridized carbons (Fsp3) is 0.522. The van der Waals surface area contributed by atoms with Crippen LogP contribution in [0.5, 0.6) is 11.5 Å². The molecule has 8 atom stereocenters. The number of carboxylic acids is 3. The van der Waals surface area contributed by atoms with Crippen LogP contribution in [0.2, 0.25) is 0 Å². The summed E-state index contributed by atoms with van der Waals surface area (Å²) in [6.45, 7) is 2.36. The van der Waals surface area contributed by atoms with Gasteiger partial charge in [0.25, 0.3) is 0 Å². The zero-order valence-electron chi connectivity index (χ0n) is 38.7. The number of aromatic hydroxyl groups is 2. The van der Waals surface area contributed by atoms with Gasteiger partial charge in [0.1, 0.15) is 53.8 Å². The van der Waals surface area contributed by atoms with Crippen molar-refractivity contribution >= 4 is 59.3 Å². The van der Waals surface area contributed by atoms with Gasteiger partial charge >= 0.3 is 17.9 Å². The SMILES string of the molecule is CC(C)[C@H](NC(=O)[C@@H]1CCCN1C(=O)[C@H](Cc1ccc(O)cc1)NC(=O)[C@@H](N)CCC(=O)O)C(=O)N[C@@H](Cc1ccc(O)cc1)C(=O)N1CCC[C@H]1C(=O)N[C@@H](CCC(=O)O)C(=O)N[C@@H](CO)C(=O)O. The van der Waals surface area contributed by atoms with Crippen LogP contribution in [0.15, 0.2) is 48.5 Å². The van der Waals surface area contributed by atoms with E-state index in [0.29, 0.717) is 24.0 Å². The largest absolute Gasteiger partial charge is 0.508 e. The fourth-order valence-corrected chi connectivity index (χ4v) is 8.14. The lowest BCUT2D eigenvalue weighted by Crippen LogP contribution is -2.61. The molecule has 0 unspecified atom stereocenters. The Bertz CT molecular complexity index is 2230. The number of carboxylic acid groups (broad SMARTS) is 3. The highest BCUT2D eigenvalue weighted by Crippen LogP contribution is 2.24. The molecule has 0 radical (unpaired) electrons. The molecule has 4 rings (SSSR count). The predicted octanol–water partition coefficient (Wildman–Crippen LogP) is -1.92. The molecule has 2 aliphatic heterocycles. The minimum atomic E-state index is -1.76. The first-order valence-corrected chi connectivity index (χ1v) is 22.8. The van der Waals surface area contributed by atoms with Gasteiger partial charge in [0, 0.05) is 38.8 Å². The molecular weight excluding hydrogens is 921 g/mol. The Balaban J connectivity index is 1.56. The summed E-state index contributed by atoms with van der Waals surface area (Å²) >= 11 is 0. The minimum Gasteiger partial charge on any atom is -0.508 e. The van der Waals surface area contributed by atoms with E-state index in [2.05, 4.69) is 21.3 Å². The van der Waals surface area contributed by atoms with Crippen molar-refractivity contribution in [2.45, 2.75) is 126 Å². The summed E-state index contributed by atoms with van der Waals surface area (Å²) in [7, 11) is 0. The highest BCUT2D eigenvalue weighted by atomic mass is 16.4. The van der Waals surface area contributed by atoms with Crippen molar-refractivity contribution in [3.8, 4) is 11.5 Å². The second-order valence-corrected chi connectivity index (χ2v) is 17.6. The molecule has 382 valence electrons. The molecule has 24 nitrogen and oxygen atoms in total. The number of benzene rings is 2. The molecule has 0 saturated carbocycles. The average molecular weight is 983 g/mol. The number of carbonyl (C=O) groups is 10. The molecule has 2 saturated heterocycles. The van der Waals surface area contributed by atoms with Crippen LogP contribution >= 0.6 is 0 Å². The molecule has 7 amide bonds. The van der Waals surface area contributed by atoms with Gasteiger partial charge in [0.05, 0.1) is 12.6 Å². The van der Waals surface area contributed by atoms with E-state index in [1.165, 1.54) is 58.3 Å². The molecule has 2 fully saturated rings. The summed E-state index contributed by atoms with van der Waals surface area (Å²) in [5.74, 6) is -10.6. The van der Waals surface area contributed by atoms with Gasteiger partial charge in [-0.1, -0.05) is 38.1 Å². The van der Waals surface area contributed by atoms with Gasteiger partial charge in [-0.25, -0.2) is 4.79 Å². The Morgan fingerprint density at radius 2 is 1.01 bits per heavy atom. The Morgan fingerprint density at radius 3 is 1.44 bits per heavy atom. The van der Waals surface area contributed by atoms with E-state index in [1.807, 2.05) is 5.32 Å². The Morgan fingerprint density at radius 1 is 0.586 bits per heavy atom. The van der Waals surface area contributed by atoms with Gasteiger partial charge in [0.2, 0.25) is 41.4 Å². The van der Waals surface area contributed by atoms with E-state index in [0.717, 1.165) is 0 Å². The number of carbonyl (C=O) groups excluding carboxylic acids is 7. The van der Waals surface area contributed by atoms with Gasteiger partial charge in [-0.15, -0.1) is 0 Å². The van der Waals surface area contributed by atoms with E-state index >= 15 is 0 Å². The third-order valence-corrected chi connectivity index (χ3v) is 12.0. The van der Waals surface area contributed by atoms with Crippen molar-refractivity contribution in [3.63, 3.8) is 0 Å². The second-order valence-electron chi connectivity index (χ2n) is 17.6. The van der Waals surface area contributed by atoms with Gasteiger partial charge in [-0.3, -0.25) is 43.2 Å². The molecule has 2 aromatic rings. The number of nitrogens with one attached hydrogen (secondary N) is 5. The molecule has 0 aliphatic carbocycles. The van der Waals surface area contributed by atoms with Crippen LogP contribution in [-0.4, -0.2) is 168 Å². The summed E-state index contributed by atoms with van der Waals surface area (Å²) in [6.07, 6.45) is -1.06. The number of aliphatic carboxylic acids is 3. The molecule has 24 heteroatoms. The zero-order valence-corrected chi connectivity index (χ0v) is 38.7. The standard InChI is InChI=1S/C46H62N8O16/c1-24(2)38(52-42(65)35-6-4-20-54(35)44(67)31(21-25-7-11-27(56)12-8-25)49-39(62)29(47)15-17-36(58)59)43(66)50-32(22-26-9-13-28(57)14-10-26)45(68)53-19-3-5-34(53)41(64)48-30(16-18-37(60)61)40(63)51-33(23-55)46(69)70/h7-14,24,29-35,38,55-57H,3-6,15-23,47H2,1-2H3,(H,48,64)(H,49,62)(H,50,66)(H,51,63)(H,52,65)(H,58,59)(H,60,61)(H,69,70)/t29-,30-,31-,32-,33-,34-,35-,38-/m0/s1. The summed E-state index contributed by atoms with van der Waals surface area (Å²) in [6, 6.07) is 0.604. The maximum Gasteiger partial charge on any atom is 0.328 e. The number of hydrogen-bond donors (Lipinski definition) is 12. The number of phenols is 2. The number of phenolic OH excluding ortho intramolecular Hbond substituents is 2. The smallest absolute Gasteiger partial charge is 0.328 e. The van der Waals surface area contributed by atoms with E-state index in [-0.39, 0.29) is 56.7 Å². The first kappa shape index (κ1) is 55.3. The van der Waals surface area contributed by atoms with E-state index in [4.69, 9.17) is 10.8 Å². The number of nitrogens with zero attached hydrogens (tertiary/aromatic N) is 2. The van der Waals surface area contributed by atoms with Gasteiger partial charge in [-0.2, -0.15) is 0 Å². The Kier molecular flexibility index (Phi) is 20.4. The van der Waals surface area contributed by atoms with Crippen LogP contribution in [0, 0.1) is 5.92 Å². The maximum absolute atomic E-state index is 14.5. The van der Waals surface area contributed by atoms with Crippen molar-refractivity contribution < 1.29 is 78.6 Å². The zero-order chi connectivity index (χ0) is 51.8. The number of hydrogen-bond acceptors (Lipinski definition) is 14. The number of aliphatic hydroxyl groups excluding tert-OH is 1. The molecule has 0 aromatic heterocycles. The summed E-state index contributed by atoms with van der Waals surface area (Å²) in [4.78, 5) is 134. The van der Waals surface area contributed by atoms with Gasteiger partial charge in [0.15, 0.2) is 0 Å². The number of likely N-dealkylation sites (tertiary alicyclic amines) is 2. The van der Waals surface area contributed by atoms with Crippen molar-refractivity contribution in [1.82, 2.24) is 36.4 Å². The molecule has 0 bridgehead atoms. The molecule has 2 heterocycles. The highest BCUT2D eigenvalue weighted by molar-refractivity contribution is 5.98. The molecular formula is C46H62N8O16. The van der Waals surface area contributed by atoms with Crippen LogP contribution in [0.4, 0.5) is 0 Å². The third-order valence-electron chi connectivity index (χ3n) is 12.0. The van der Waals surface area contributed by atoms with Crippen LogP contribution in [0.3, 0.4) is 0 Å². The van der Waals surface area contributed by atoms with Crippen molar-refractivity contribution in [2.24, 2.45) is 11.7 Å². The predicted molar refractivity (Wildman–Crippen MR) is 244 cm³/mol. The number of aliphatic hydroxyl groups is 1. The summed E-state index contributed by atoms with van der Waals surface area (Å²) in [5.41, 5.74) is 6.96. The monoisotopic (exact) mass is 982 g/mol. The number of nitrogens with two attached hydrogens (primary N) is 1. The van der Waals surface area contributed by atoms with E-state index in [9.17, 15) is 73.5 Å². The topological polar surface area (TPSA) is 385 Å². The fourth-order valence-electron chi connectivity index (χ4n) is 8.14. The van der Waals surface area contributed by atoms with Crippen molar-refractivity contribution in [2.75, 3.05) is 19.7 Å². The van der Waals surface area contributed by atoms with Crippen molar-refractivity contribution in [1.29, 1.82) is 0 Å². The third kappa shape index (κ3) is 15.9.